The van der Waals surface area contributed by atoms with Crippen molar-refractivity contribution < 1.29 is 23.7 Å². The smallest absolute Gasteiger partial charge is 0.250 e. The molecule has 2 atom stereocenters. The number of phenolic OH excluding ortho intramolecular Hbond substituents is 1. The summed E-state index contributed by atoms with van der Waals surface area (Å²) in [4.78, 5) is 13.0. The monoisotopic (exact) mass is 324 g/mol. The molecule has 0 radical (unpaired) electrons. The van der Waals surface area contributed by atoms with Gasteiger partial charge >= 0.3 is 0 Å². The number of ether oxygens (including phenoxy) is 3. The van der Waals surface area contributed by atoms with Gasteiger partial charge in [0.05, 0.1) is 24.9 Å². The van der Waals surface area contributed by atoms with E-state index < -0.39 is 6.29 Å². The Morgan fingerprint density at radius 2 is 2.12 bits per heavy atom. The quantitative estimate of drug-likeness (QED) is 0.693. The van der Waals surface area contributed by atoms with Crippen LogP contribution in [0.2, 0.25) is 0 Å². The van der Waals surface area contributed by atoms with E-state index in [0.717, 1.165) is 5.56 Å². The molecule has 2 aliphatic rings. The van der Waals surface area contributed by atoms with E-state index >= 15 is 0 Å². The molecule has 1 unspecified atom stereocenters. The summed E-state index contributed by atoms with van der Waals surface area (Å²) >= 11 is 0. The van der Waals surface area contributed by atoms with Crippen LogP contribution in [0, 0.1) is 0 Å². The molecule has 2 aromatic carbocycles. The van der Waals surface area contributed by atoms with Crippen LogP contribution in [0.1, 0.15) is 11.5 Å². The molecule has 6 heteroatoms. The van der Waals surface area contributed by atoms with Crippen molar-refractivity contribution in [3.8, 4) is 17.2 Å². The summed E-state index contributed by atoms with van der Waals surface area (Å²) in [7, 11) is 1.47. The van der Waals surface area contributed by atoms with E-state index in [4.69, 9.17) is 18.6 Å². The van der Waals surface area contributed by atoms with Gasteiger partial charge in [-0.1, -0.05) is 6.07 Å². The van der Waals surface area contributed by atoms with Gasteiger partial charge in [0.25, 0.3) is 6.29 Å². The van der Waals surface area contributed by atoms with Crippen LogP contribution in [0.25, 0.3) is 21.9 Å². The minimum atomic E-state index is -0.458. The van der Waals surface area contributed by atoms with E-state index in [0.29, 0.717) is 22.7 Å². The standard InChI is InChI=1S/C18H12O6/c1-21-11-7-12-13(8-5-6-22-18(8)24-12)17-15(11)16(20)14-9(19)3-2-4-10(14)23-17/h2-8,18-19H,1H3/t8?,18-/m1/s1. The number of hydrogen-bond donors (Lipinski definition) is 1. The molecule has 0 fully saturated rings. The molecule has 3 aromatic rings. The van der Waals surface area contributed by atoms with E-state index in [-0.39, 0.29) is 27.9 Å². The summed E-state index contributed by atoms with van der Waals surface area (Å²) in [5.74, 6) is 0.642. The molecule has 24 heavy (non-hydrogen) atoms. The molecule has 0 bridgehead atoms. The molecule has 6 nitrogen and oxygen atoms in total. The Balaban J connectivity index is 2.00. The Bertz CT molecular complexity index is 1090. The minimum Gasteiger partial charge on any atom is -0.507 e. The van der Waals surface area contributed by atoms with Crippen LogP contribution in [0.5, 0.6) is 17.2 Å². The van der Waals surface area contributed by atoms with Gasteiger partial charge in [-0.2, -0.15) is 0 Å². The van der Waals surface area contributed by atoms with Gasteiger partial charge in [-0.3, -0.25) is 4.79 Å². The molecule has 3 heterocycles. The normalized spacial score (nSPS) is 20.7. The third-order valence-electron chi connectivity index (χ3n) is 4.50. The Labute approximate surface area is 135 Å². The first-order chi connectivity index (χ1) is 11.7. The van der Waals surface area contributed by atoms with Gasteiger partial charge in [-0.25, -0.2) is 0 Å². The maximum absolute atomic E-state index is 13.0. The Hall–Kier alpha value is -3.15. The first-order valence-corrected chi connectivity index (χ1v) is 7.47. The van der Waals surface area contributed by atoms with Gasteiger partial charge in [0.2, 0.25) is 5.43 Å². The van der Waals surface area contributed by atoms with Gasteiger partial charge in [-0.15, -0.1) is 0 Å². The molecule has 0 saturated heterocycles. The fourth-order valence-electron chi connectivity index (χ4n) is 3.43. The summed E-state index contributed by atoms with van der Waals surface area (Å²) in [5.41, 5.74) is 1.13. The van der Waals surface area contributed by atoms with Crippen LogP contribution in [-0.4, -0.2) is 18.5 Å². The molecule has 0 saturated carbocycles. The lowest BCUT2D eigenvalue weighted by molar-refractivity contribution is -0.00484. The molecule has 1 aromatic heterocycles. The minimum absolute atomic E-state index is 0.121. The van der Waals surface area contributed by atoms with Crippen molar-refractivity contribution in [1.29, 1.82) is 0 Å². The second-order valence-electron chi connectivity index (χ2n) is 5.75. The molecule has 5 rings (SSSR count). The highest BCUT2D eigenvalue weighted by atomic mass is 16.7. The van der Waals surface area contributed by atoms with Gasteiger partial charge in [0.1, 0.15) is 39.2 Å². The molecule has 0 spiro atoms. The SMILES string of the molecule is COc1cc2c(c3oc4cccc(O)c4c(=O)c13)C1C=CO[C@@H]1O2. The lowest BCUT2D eigenvalue weighted by atomic mass is 9.97. The Morgan fingerprint density at radius 3 is 2.96 bits per heavy atom. The van der Waals surface area contributed by atoms with E-state index in [2.05, 4.69) is 0 Å². The summed E-state index contributed by atoms with van der Waals surface area (Å²) in [6, 6.07) is 6.40. The van der Waals surface area contributed by atoms with Crippen LogP contribution >= 0.6 is 0 Å². The second-order valence-corrected chi connectivity index (χ2v) is 5.75. The highest BCUT2D eigenvalue weighted by Gasteiger charge is 2.40. The van der Waals surface area contributed by atoms with Crippen LogP contribution < -0.4 is 14.9 Å². The lowest BCUT2D eigenvalue weighted by Gasteiger charge is -2.11. The predicted molar refractivity (Wildman–Crippen MR) is 85.6 cm³/mol. The fourth-order valence-corrected chi connectivity index (χ4v) is 3.43. The number of aromatic hydroxyl groups is 1. The molecule has 120 valence electrons. The summed E-state index contributed by atoms with van der Waals surface area (Å²) in [6.07, 6.45) is 2.99. The van der Waals surface area contributed by atoms with Crippen LogP contribution in [0.3, 0.4) is 0 Å². The third-order valence-corrected chi connectivity index (χ3v) is 4.50. The average molecular weight is 324 g/mol. The Kier molecular flexibility index (Phi) is 2.46. The number of hydrogen-bond acceptors (Lipinski definition) is 6. The second kappa shape index (κ2) is 4.44. The van der Waals surface area contributed by atoms with Crippen molar-refractivity contribution in [1.82, 2.24) is 0 Å². The van der Waals surface area contributed by atoms with Crippen molar-refractivity contribution in [2.75, 3.05) is 7.11 Å². The molecule has 2 aliphatic heterocycles. The number of benzene rings is 2. The zero-order valence-corrected chi connectivity index (χ0v) is 12.6. The summed E-state index contributed by atoms with van der Waals surface area (Å²) < 4.78 is 22.6. The molecule has 0 aliphatic carbocycles. The van der Waals surface area contributed by atoms with Crippen molar-refractivity contribution >= 4 is 21.9 Å². The highest BCUT2D eigenvalue weighted by Crippen LogP contribution is 2.48. The van der Waals surface area contributed by atoms with Crippen molar-refractivity contribution in [2.45, 2.75) is 12.2 Å². The number of phenols is 1. The molecule has 1 N–H and O–H groups in total. The molecule has 0 amide bonds. The number of methoxy groups -OCH3 is 1. The topological polar surface area (TPSA) is 78.1 Å². The largest absolute Gasteiger partial charge is 0.507 e. The summed E-state index contributed by atoms with van der Waals surface area (Å²) in [6.45, 7) is 0. The fraction of sp³-hybridized carbons (Fsp3) is 0.167. The van der Waals surface area contributed by atoms with Gasteiger partial charge in [0, 0.05) is 6.07 Å². The van der Waals surface area contributed by atoms with Gasteiger partial charge in [-0.05, 0) is 18.2 Å². The average Bonchev–Trinajstić information content (AvgIpc) is 3.14. The third kappa shape index (κ3) is 1.52. The van der Waals surface area contributed by atoms with E-state index in [9.17, 15) is 9.90 Å². The van der Waals surface area contributed by atoms with E-state index in [1.807, 2.05) is 6.08 Å². The first-order valence-electron chi connectivity index (χ1n) is 7.47. The maximum atomic E-state index is 13.0. The predicted octanol–water partition coefficient (Wildman–Crippen LogP) is 3.01. The van der Waals surface area contributed by atoms with E-state index in [1.54, 1.807) is 24.5 Å². The van der Waals surface area contributed by atoms with Crippen LogP contribution in [0.15, 0.2) is 45.8 Å². The maximum Gasteiger partial charge on any atom is 0.250 e. The van der Waals surface area contributed by atoms with Gasteiger partial charge in [0.15, 0.2) is 0 Å². The molecular formula is C18H12O6. The van der Waals surface area contributed by atoms with Crippen LogP contribution in [-0.2, 0) is 4.74 Å². The Morgan fingerprint density at radius 1 is 1.25 bits per heavy atom. The lowest BCUT2D eigenvalue weighted by Crippen LogP contribution is -2.14. The molecular weight excluding hydrogens is 312 g/mol. The van der Waals surface area contributed by atoms with E-state index in [1.165, 1.54) is 13.2 Å². The number of rotatable bonds is 1. The number of fused-ring (bicyclic) bond motifs is 6. The van der Waals surface area contributed by atoms with Crippen molar-refractivity contribution in [2.24, 2.45) is 0 Å². The van der Waals surface area contributed by atoms with Gasteiger partial charge < -0.3 is 23.7 Å². The van der Waals surface area contributed by atoms with Crippen LogP contribution in [0.4, 0.5) is 0 Å². The summed E-state index contributed by atoms with van der Waals surface area (Å²) in [5, 5.41) is 10.5. The van der Waals surface area contributed by atoms with Crippen molar-refractivity contribution in [3.63, 3.8) is 0 Å². The highest BCUT2D eigenvalue weighted by molar-refractivity contribution is 5.98. The zero-order valence-electron chi connectivity index (χ0n) is 12.6. The first kappa shape index (κ1) is 13.3. The van der Waals surface area contributed by atoms with Crippen molar-refractivity contribution in [3.05, 3.63) is 52.4 Å². The zero-order chi connectivity index (χ0) is 16.4.